The molecule has 0 bridgehead atoms. The second-order valence-electron chi connectivity index (χ2n) is 7.37. The van der Waals surface area contributed by atoms with Gasteiger partial charge in [0, 0.05) is 18.5 Å². The van der Waals surface area contributed by atoms with E-state index >= 15 is 0 Å². The third-order valence-corrected chi connectivity index (χ3v) is 5.35. The minimum absolute atomic E-state index is 0.308. The molecule has 1 atom stereocenters. The molecule has 0 amide bonds. The summed E-state index contributed by atoms with van der Waals surface area (Å²) in [5.74, 6) is -0.165. The van der Waals surface area contributed by atoms with Crippen LogP contribution in [0.3, 0.4) is 0 Å². The number of fused-ring (bicyclic) bond motifs is 1. The van der Waals surface area contributed by atoms with Gasteiger partial charge in [0.2, 0.25) is 0 Å². The largest absolute Gasteiger partial charge is 0.481 e. The number of anilines is 1. The molecule has 1 N–H and O–H groups in total. The summed E-state index contributed by atoms with van der Waals surface area (Å²) in [5.41, 5.74) is 4.77. The van der Waals surface area contributed by atoms with E-state index in [9.17, 15) is 9.90 Å². The van der Waals surface area contributed by atoms with E-state index in [4.69, 9.17) is 0 Å². The van der Waals surface area contributed by atoms with Crippen LogP contribution in [0.2, 0.25) is 0 Å². The average molecular weight is 377 g/mol. The first-order valence-electron chi connectivity index (χ1n) is 9.67. The number of piperidine rings is 1. The highest BCUT2D eigenvalue weighted by atomic mass is 16.4. The van der Waals surface area contributed by atoms with Crippen LogP contribution in [0, 0.1) is 26.7 Å². The van der Waals surface area contributed by atoms with Gasteiger partial charge in [-0.1, -0.05) is 36.4 Å². The van der Waals surface area contributed by atoms with Gasteiger partial charge < -0.3 is 10.0 Å². The van der Waals surface area contributed by atoms with E-state index in [0.717, 1.165) is 41.7 Å². The molecule has 0 saturated carbocycles. The van der Waals surface area contributed by atoms with Gasteiger partial charge in [-0.05, 0) is 56.4 Å². The summed E-state index contributed by atoms with van der Waals surface area (Å²) in [6.07, 6.45) is 3.18. The van der Waals surface area contributed by atoms with Crippen LogP contribution in [0.25, 0.3) is 10.9 Å². The van der Waals surface area contributed by atoms with Crippen LogP contribution in [-0.4, -0.2) is 34.1 Å². The maximum absolute atomic E-state index is 11.2. The minimum Gasteiger partial charge on any atom is -0.481 e. The molecule has 2 heterocycles. The highest BCUT2D eigenvalue weighted by Crippen LogP contribution is 2.29. The summed E-state index contributed by atoms with van der Waals surface area (Å²) in [7, 11) is 0. The molecule has 1 fully saturated rings. The highest BCUT2D eigenvalue weighted by molar-refractivity contribution is 5.92. The van der Waals surface area contributed by atoms with Crippen molar-refractivity contribution in [3.05, 3.63) is 65.5 Å². The third kappa shape index (κ3) is 4.47. The van der Waals surface area contributed by atoms with Crippen LogP contribution in [0.15, 0.2) is 48.8 Å². The van der Waals surface area contributed by atoms with E-state index in [2.05, 4.69) is 53.0 Å². The molecule has 1 unspecified atom stereocenters. The highest BCUT2D eigenvalue weighted by Gasteiger charge is 2.27. The van der Waals surface area contributed by atoms with E-state index in [1.165, 1.54) is 11.1 Å². The Balaban J connectivity index is 0.000000236. The Kier molecular flexibility index (Phi) is 6.24. The van der Waals surface area contributed by atoms with Crippen molar-refractivity contribution < 1.29 is 9.90 Å². The Morgan fingerprint density at radius 3 is 2.32 bits per heavy atom. The molecule has 0 aliphatic carbocycles. The molecule has 3 aromatic rings. The van der Waals surface area contributed by atoms with Crippen molar-refractivity contribution in [1.29, 1.82) is 0 Å². The molecule has 2 aromatic carbocycles. The molecule has 146 valence electrons. The van der Waals surface area contributed by atoms with Crippen molar-refractivity contribution in [3.8, 4) is 0 Å². The van der Waals surface area contributed by atoms with Gasteiger partial charge >= 0.3 is 5.97 Å². The number of aryl methyl sites for hydroxylation is 3. The Labute approximate surface area is 166 Å². The zero-order valence-corrected chi connectivity index (χ0v) is 16.7. The Morgan fingerprint density at radius 1 is 1.00 bits per heavy atom. The van der Waals surface area contributed by atoms with Gasteiger partial charge in [-0.3, -0.25) is 4.79 Å². The molecule has 4 rings (SSSR count). The van der Waals surface area contributed by atoms with Gasteiger partial charge in [0.25, 0.3) is 0 Å². The molecule has 0 spiro atoms. The van der Waals surface area contributed by atoms with Crippen molar-refractivity contribution in [2.24, 2.45) is 5.92 Å². The second-order valence-corrected chi connectivity index (χ2v) is 7.37. The zero-order valence-electron chi connectivity index (χ0n) is 16.7. The van der Waals surface area contributed by atoms with E-state index in [1.54, 1.807) is 6.33 Å². The van der Waals surface area contributed by atoms with Gasteiger partial charge in [0.05, 0.1) is 11.4 Å². The summed E-state index contributed by atoms with van der Waals surface area (Å²) in [5, 5.41) is 10.2. The predicted octanol–water partition coefficient (Wildman–Crippen LogP) is 4.54. The fraction of sp³-hybridized carbons (Fsp3) is 0.348. The second kappa shape index (κ2) is 8.83. The SMILES string of the molecule is Cc1cccc2ncnc(N3CCCC(C(=O)O)C3)c12.Cc1ccccc1C. The van der Waals surface area contributed by atoms with Crippen LogP contribution < -0.4 is 4.90 Å². The Bertz CT molecular complexity index is 945. The van der Waals surface area contributed by atoms with Crippen LogP contribution in [-0.2, 0) is 4.79 Å². The summed E-state index contributed by atoms with van der Waals surface area (Å²) in [6, 6.07) is 14.3. The number of hydrogen-bond acceptors (Lipinski definition) is 4. The maximum atomic E-state index is 11.2. The molecule has 0 radical (unpaired) electrons. The van der Waals surface area contributed by atoms with Crippen LogP contribution in [0.4, 0.5) is 5.82 Å². The maximum Gasteiger partial charge on any atom is 0.308 e. The first-order valence-corrected chi connectivity index (χ1v) is 9.67. The molecular formula is C23H27N3O2. The quantitative estimate of drug-likeness (QED) is 0.710. The predicted molar refractivity (Wildman–Crippen MR) is 113 cm³/mol. The number of aromatic nitrogens is 2. The van der Waals surface area contributed by atoms with Crippen molar-refractivity contribution in [3.63, 3.8) is 0 Å². The normalized spacial score (nSPS) is 16.4. The van der Waals surface area contributed by atoms with Gasteiger partial charge in [-0.2, -0.15) is 0 Å². The number of carboxylic acids is 1. The lowest BCUT2D eigenvalue weighted by Gasteiger charge is -2.32. The lowest BCUT2D eigenvalue weighted by Crippen LogP contribution is -2.39. The van der Waals surface area contributed by atoms with Crippen molar-refractivity contribution in [2.75, 3.05) is 18.0 Å². The van der Waals surface area contributed by atoms with E-state index in [0.29, 0.717) is 6.54 Å². The molecule has 28 heavy (non-hydrogen) atoms. The number of carboxylic acid groups (broad SMARTS) is 1. The topological polar surface area (TPSA) is 66.3 Å². The van der Waals surface area contributed by atoms with Crippen LogP contribution >= 0.6 is 0 Å². The molecule has 5 heteroatoms. The lowest BCUT2D eigenvalue weighted by atomic mass is 9.98. The molecule has 5 nitrogen and oxygen atoms in total. The van der Waals surface area contributed by atoms with Crippen LogP contribution in [0.5, 0.6) is 0 Å². The summed E-state index contributed by atoms with van der Waals surface area (Å²) >= 11 is 0. The number of aliphatic carboxylic acids is 1. The molecule has 1 aromatic heterocycles. The fourth-order valence-corrected chi connectivity index (χ4v) is 3.53. The van der Waals surface area contributed by atoms with Crippen molar-refractivity contribution >= 4 is 22.7 Å². The number of carbonyl (C=O) groups is 1. The number of nitrogens with zero attached hydrogens (tertiary/aromatic N) is 3. The zero-order chi connectivity index (χ0) is 20.1. The molecule has 1 saturated heterocycles. The first kappa shape index (κ1) is 19.8. The summed E-state index contributed by atoms with van der Waals surface area (Å²) in [4.78, 5) is 22.0. The Morgan fingerprint density at radius 2 is 1.68 bits per heavy atom. The monoisotopic (exact) mass is 377 g/mol. The first-order chi connectivity index (χ1) is 13.5. The van der Waals surface area contributed by atoms with E-state index in [1.807, 2.05) is 25.1 Å². The lowest BCUT2D eigenvalue weighted by molar-refractivity contribution is -0.141. The number of rotatable bonds is 2. The van der Waals surface area contributed by atoms with Gasteiger partial charge in [-0.25, -0.2) is 9.97 Å². The molecular weight excluding hydrogens is 350 g/mol. The minimum atomic E-state index is -0.718. The smallest absolute Gasteiger partial charge is 0.308 e. The van der Waals surface area contributed by atoms with E-state index in [-0.39, 0.29) is 5.92 Å². The van der Waals surface area contributed by atoms with Crippen LogP contribution in [0.1, 0.15) is 29.5 Å². The Hall–Kier alpha value is -2.95. The van der Waals surface area contributed by atoms with Crippen molar-refractivity contribution in [1.82, 2.24) is 9.97 Å². The number of hydrogen-bond donors (Lipinski definition) is 1. The molecule has 1 aliphatic heterocycles. The summed E-state index contributed by atoms with van der Waals surface area (Å²) in [6.45, 7) is 7.65. The fourth-order valence-electron chi connectivity index (χ4n) is 3.53. The van der Waals surface area contributed by atoms with Crippen molar-refractivity contribution in [2.45, 2.75) is 33.6 Å². The standard InChI is InChI=1S/C15H17N3O2.C8H10/c1-10-4-2-6-12-13(10)14(17-9-16-12)18-7-3-5-11(8-18)15(19)20;1-7-5-3-4-6-8(7)2/h2,4,6,9,11H,3,5,7-8H2,1H3,(H,19,20);3-6H,1-2H3. The average Bonchev–Trinajstić information content (AvgIpc) is 2.71. The summed E-state index contributed by atoms with van der Waals surface area (Å²) < 4.78 is 0. The molecule has 1 aliphatic rings. The van der Waals surface area contributed by atoms with Gasteiger partial charge in [-0.15, -0.1) is 0 Å². The van der Waals surface area contributed by atoms with Gasteiger partial charge in [0.1, 0.15) is 12.1 Å². The van der Waals surface area contributed by atoms with E-state index < -0.39 is 5.97 Å². The number of benzene rings is 2. The third-order valence-electron chi connectivity index (χ3n) is 5.35. The van der Waals surface area contributed by atoms with Gasteiger partial charge in [0.15, 0.2) is 0 Å².